The maximum absolute atomic E-state index is 12.3. The average Bonchev–Trinajstić information content (AvgIpc) is 2.91. The van der Waals surface area contributed by atoms with Crippen LogP contribution < -0.4 is 10.5 Å². The van der Waals surface area contributed by atoms with Gasteiger partial charge in [0, 0.05) is 31.5 Å². The van der Waals surface area contributed by atoms with Gasteiger partial charge in [-0.3, -0.25) is 0 Å². The summed E-state index contributed by atoms with van der Waals surface area (Å²) in [4.78, 5) is 0.244. The smallest absolute Gasteiger partial charge is 0.242 e. The Morgan fingerprint density at radius 3 is 2.90 bits per heavy atom. The lowest BCUT2D eigenvalue weighted by Crippen LogP contribution is -2.39. The van der Waals surface area contributed by atoms with Crippen LogP contribution in [0.15, 0.2) is 17.2 Å². The topological polar surface area (TPSA) is 95.6 Å². The minimum absolute atomic E-state index is 0.208. The lowest BCUT2D eigenvalue weighted by molar-refractivity contribution is -0.0846. The van der Waals surface area contributed by atoms with E-state index in [4.69, 9.17) is 15.2 Å². The first-order valence-corrected chi connectivity index (χ1v) is 8.63. The third-order valence-corrected chi connectivity index (χ3v) is 4.72. The third-order valence-electron chi connectivity index (χ3n) is 3.33. The summed E-state index contributed by atoms with van der Waals surface area (Å²) in [6.07, 6.45) is 2.31. The molecule has 2 heterocycles. The van der Waals surface area contributed by atoms with Gasteiger partial charge in [-0.2, -0.15) is 0 Å². The van der Waals surface area contributed by atoms with Crippen LogP contribution in [0.2, 0.25) is 0 Å². The maximum Gasteiger partial charge on any atom is 0.242 e. The Morgan fingerprint density at radius 2 is 2.29 bits per heavy atom. The number of sulfonamides is 1. The lowest BCUT2D eigenvalue weighted by Gasteiger charge is -2.22. The molecule has 2 rings (SSSR count). The molecule has 1 fully saturated rings. The van der Waals surface area contributed by atoms with Crippen molar-refractivity contribution >= 4 is 10.0 Å². The molecule has 1 unspecified atom stereocenters. The summed E-state index contributed by atoms with van der Waals surface area (Å²) in [5.41, 5.74) is 6.47. The van der Waals surface area contributed by atoms with E-state index < -0.39 is 10.0 Å². The molecule has 0 amide bonds. The van der Waals surface area contributed by atoms with E-state index in [1.807, 2.05) is 11.5 Å². The van der Waals surface area contributed by atoms with Crippen LogP contribution in [0, 0.1) is 0 Å². The van der Waals surface area contributed by atoms with E-state index in [0.717, 1.165) is 18.7 Å². The minimum atomic E-state index is -3.55. The van der Waals surface area contributed by atoms with E-state index in [-0.39, 0.29) is 17.5 Å². The second-order valence-corrected chi connectivity index (χ2v) is 6.75. The molecule has 0 bridgehead atoms. The Hall–Kier alpha value is -0.930. The van der Waals surface area contributed by atoms with Gasteiger partial charge in [0.15, 0.2) is 0 Å². The summed E-state index contributed by atoms with van der Waals surface area (Å²) < 4.78 is 39.7. The van der Waals surface area contributed by atoms with Gasteiger partial charge in [0.1, 0.15) is 0 Å². The molecule has 21 heavy (non-hydrogen) atoms. The number of aryl methyl sites for hydroxylation is 1. The van der Waals surface area contributed by atoms with Gasteiger partial charge in [-0.1, -0.05) is 6.92 Å². The van der Waals surface area contributed by atoms with Crippen molar-refractivity contribution in [3.8, 4) is 0 Å². The predicted molar refractivity (Wildman–Crippen MR) is 78.4 cm³/mol. The lowest BCUT2D eigenvalue weighted by atomic mass is 10.3. The van der Waals surface area contributed by atoms with Crippen LogP contribution in [0.25, 0.3) is 0 Å². The summed E-state index contributed by atoms with van der Waals surface area (Å²) in [7, 11) is -3.55. The highest BCUT2D eigenvalue weighted by atomic mass is 32.2. The highest BCUT2D eigenvalue weighted by Crippen LogP contribution is 2.15. The first-order valence-electron chi connectivity index (χ1n) is 7.15. The standard InChI is InChI=1S/C13H23N3O4S/c1-2-3-16-9-13(6-11(16)7-14)21(17,18)15-8-12-10-19-4-5-20-12/h6,9,12,15H,2-5,7-8,10,14H2,1H3. The average molecular weight is 317 g/mol. The van der Waals surface area contributed by atoms with Gasteiger partial charge in [-0.25, -0.2) is 13.1 Å². The molecular formula is C13H23N3O4S. The van der Waals surface area contributed by atoms with E-state index in [1.165, 1.54) is 0 Å². The number of nitrogens with two attached hydrogens (primary N) is 1. The molecule has 1 atom stereocenters. The second-order valence-electron chi connectivity index (χ2n) is 4.98. The number of aromatic nitrogens is 1. The van der Waals surface area contributed by atoms with E-state index in [2.05, 4.69) is 4.72 Å². The monoisotopic (exact) mass is 317 g/mol. The zero-order chi connectivity index (χ0) is 15.3. The summed E-state index contributed by atoms with van der Waals surface area (Å²) in [5, 5.41) is 0. The Bertz CT molecular complexity index is 550. The summed E-state index contributed by atoms with van der Waals surface area (Å²) in [5.74, 6) is 0. The molecule has 1 saturated heterocycles. The van der Waals surface area contributed by atoms with Crippen LogP contribution in [0.5, 0.6) is 0 Å². The Labute approximate surface area is 125 Å². The molecule has 120 valence electrons. The van der Waals surface area contributed by atoms with Crippen molar-refractivity contribution in [3.63, 3.8) is 0 Å². The first kappa shape index (κ1) is 16.4. The van der Waals surface area contributed by atoms with E-state index >= 15 is 0 Å². The van der Waals surface area contributed by atoms with Crippen molar-refractivity contribution < 1.29 is 17.9 Å². The Morgan fingerprint density at radius 1 is 1.48 bits per heavy atom. The van der Waals surface area contributed by atoms with Gasteiger partial charge in [0.2, 0.25) is 10.0 Å². The zero-order valence-electron chi connectivity index (χ0n) is 12.2. The van der Waals surface area contributed by atoms with Crippen molar-refractivity contribution in [3.05, 3.63) is 18.0 Å². The summed E-state index contributed by atoms with van der Waals surface area (Å²) in [6.45, 7) is 4.77. The van der Waals surface area contributed by atoms with Crippen LogP contribution in [0.4, 0.5) is 0 Å². The minimum Gasteiger partial charge on any atom is -0.376 e. The SMILES string of the molecule is CCCn1cc(S(=O)(=O)NCC2COCCO2)cc1CN. The van der Waals surface area contributed by atoms with Crippen molar-refractivity contribution in [2.24, 2.45) is 5.73 Å². The molecule has 1 aliphatic rings. The molecule has 7 nitrogen and oxygen atoms in total. The molecule has 0 spiro atoms. The van der Waals surface area contributed by atoms with Crippen LogP contribution in [-0.2, 0) is 32.6 Å². The third kappa shape index (κ3) is 4.27. The Balaban J connectivity index is 2.04. The van der Waals surface area contributed by atoms with Crippen LogP contribution in [-0.4, -0.2) is 45.5 Å². The normalized spacial score (nSPS) is 19.8. The van der Waals surface area contributed by atoms with Gasteiger partial charge in [-0.05, 0) is 12.5 Å². The van der Waals surface area contributed by atoms with Crippen molar-refractivity contribution in [2.45, 2.75) is 37.4 Å². The number of ether oxygens (including phenoxy) is 2. The molecule has 1 aromatic heterocycles. The molecule has 0 saturated carbocycles. The molecule has 1 aliphatic heterocycles. The van der Waals surface area contributed by atoms with E-state index in [0.29, 0.717) is 26.4 Å². The molecule has 8 heteroatoms. The van der Waals surface area contributed by atoms with Crippen LogP contribution >= 0.6 is 0 Å². The highest BCUT2D eigenvalue weighted by Gasteiger charge is 2.21. The Kier molecular flexibility index (Phi) is 5.77. The molecule has 0 aliphatic carbocycles. The van der Waals surface area contributed by atoms with Crippen molar-refractivity contribution in [1.29, 1.82) is 0 Å². The van der Waals surface area contributed by atoms with Crippen molar-refractivity contribution in [1.82, 2.24) is 9.29 Å². The number of rotatable bonds is 7. The van der Waals surface area contributed by atoms with Gasteiger partial charge in [0.25, 0.3) is 0 Å². The van der Waals surface area contributed by atoms with Gasteiger partial charge < -0.3 is 19.8 Å². The van der Waals surface area contributed by atoms with E-state index in [9.17, 15) is 8.42 Å². The summed E-state index contributed by atoms with van der Waals surface area (Å²) in [6, 6.07) is 1.62. The summed E-state index contributed by atoms with van der Waals surface area (Å²) >= 11 is 0. The van der Waals surface area contributed by atoms with Gasteiger partial charge in [-0.15, -0.1) is 0 Å². The number of hydrogen-bond donors (Lipinski definition) is 2. The number of nitrogens with one attached hydrogen (secondary N) is 1. The van der Waals surface area contributed by atoms with Gasteiger partial charge in [0.05, 0.1) is 30.8 Å². The van der Waals surface area contributed by atoms with Crippen molar-refractivity contribution in [2.75, 3.05) is 26.4 Å². The predicted octanol–water partition coefficient (Wildman–Crippen LogP) is 0.0505. The number of nitrogens with zero attached hydrogens (tertiary/aromatic N) is 1. The van der Waals surface area contributed by atoms with Gasteiger partial charge >= 0.3 is 0 Å². The zero-order valence-corrected chi connectivity index (χ0v) is 13.1. The van der Waals surface area contributed by atoms with Crippen LogP contribution in [0.1, 0.15) is 19.0 Å². The quantitative estimate of drug-likeness (QED) is 0.741. The largest absolute Gasteiger partial charge is 0.376 e. The molecule has 1 aromatic rings. The fraction of sp³-hybridized carbons (Fsp3) is 0.692. The molecular weight excluding hydrogens is 294 g/mol. The van der Waals surface area contributed by atoms with Crippen LogP contribution in [0.3, 0.4) is 0 Å². The fourth-order valence-electron chi connectivity index (χ4n) is 2.23. The molecule has 0 aromatic carbocycles. The molecule has 3 N–H and O–H groups in total. The molecule has 0 radical (unpaired) electrons. The fourth-order valence-corrected chi connectivity index (χ4v) is 3.36. The van der Waals surface area contributed by atoms with E-state index in [1.54, 1.807) is 12.3 Å². The maximum atomic E-state index is 12.3. The highest BCUT2D eigenvalue weighted by molar-refractivity contribution is 7.89. The first-order chi connectivity index (χ1) is 10.1. The number of hydrogen-bond acceptors (Lipinski definition) is 5. The second kappa shape index (κ2) is 7.37.